The maximum absolute atomic E-state index is 11.2. The lowest BCUT2D eigenvalue weighted by atomic mass is 10.3. The molecular formula is C8H15N3O2. The normalized spacial score (nSPS) is 17.9. The minimum absolute atomic E-state index is 0.409. The molecule has 74 valence electrons. The summed E-state index contributed by atoms with van der Waals surface area (Å²) in [7, 11) is 3.88. The van der Waals surface area contributed by atoms with Gasteiger partial charge in [0.15, 0.2) is 0 Å². The standard InChI is InChI=1S/C8H15N3O2/c1-10(2)5-6-11-4-3-9-7(12)8(11)13/h3-6H2,1-2H3,(H,9,12). The highest BCUT2D eigenvalue weighted by Gasteiger charge is 2.25. The molecule has 0 aromatic rings. The summed E-state index contributed by atoms with van der Waals surface area (Å²) < 4.78 is 0. The largest absolute Gasteiger partial charge is 0.346 e. The van der Waals surface area contributed by atoms with E-state index in [-0.39, 0.29) is 0 Å². The predicted molar refractivity (Wildman–Crippen MR) is 48.1 cm³/mol. The third-order valence-corrected chi connectivity index (χ3v) is 1.97. The molecule has 13 heavy (non-hydrogen) atoms. The summed E-state index contributed by atoms with van der Waals surface area (Å²) in [6.45, 7) is 2.61. The topological polar surface area (TPSA) is 52.6 Å². The van der Waals surface area contributed by atoms with Crippen LogP contribution in [-0.4, -0.2) is 61.9 Å². The average molecular weight is 185 g/mol. The second kappa shape index (κ2) is 4.23. The Morgan fingerprint density at radius 1 is 1.46 bits per heavy atom. The van der Waals surface area contributed by atoms with Crippen LogP contribution >= 0.6 is 0 Å². The van der Waals surface area contributed by atoms with Gasteiger partial charge in [-0.3, -0.25) is 9.59 Å². The highest BCUT2D eigenvalue weighted by molar-refractivity contribution is 6.35. The summed E-state index contributed by atoms with van der Waals surface area (Å²) >= 11 is 0. The Morgan fingerprint density at radius 3 is 2.77 bits per heavy atom. The molecule has 5 heteroatoms. The number of nitrogens with zero attached hydrogens (tertiary/aromatic N) is 2. The minimum atomic E-state index is -0.481. The highest BCUT2D eigenvalue weighted by Crippen LogP contribution is 1.95. The third kappa shape index (κ3) is 2.69. The molecule has 0 bridgehead atoms. The zero-order chi connectivity index (χ0) is 9.84. The van der Waals surface area contributed by atoms with E-state index in [1.807, 2.05) is 19.0 Å². The molecule has 0 aliphatic carbocycles. The van der Waals surface area contributed by atoms with E-state index in [0.717, 1.165) is 6.54 Å². The van der Waals surface area contributed by atoms with Crippen LogP contribution in [-0.2, 0) is 9.59 Å². The summed E-state index contributed by atoms with van der Waals surface area (Å²) in [6, 6.07) is 0. The first kappa shape index (κ1) is 9.98. The first-order chi connectivity index (χ1) is 6.11. The van der Waals surface area contributed by atoms with Crippen molar-refractivity contribution in [1.29, 1.82) is 0 Å². The summed E-state index contributed by atoms with van der Waals surface area (Å²) in [5, 5.41) is 2.51. The van der Waals surface area contributed by atoms with E-state index in [9.17, 15) is 9.59 Å². The number of likely N-dealkylation sites (N-methyl/N-ethyl adjacent to an activating group) is 1. The molecule has 1 aliphatic rings. The fourth-order valence-electron chi connectivity index (χ4n) is 1.16. The van der Waals surface area contributed by atoms with Crippen LogP contribution in [0.3, 0.4) is 0 Å². The summed E-state index contributed by atoms with van der Waals surface area (Å²) in [4.78, 5) is 25.7. The fraction of sp³-hybridized carbons (Fsp3) is 0.750. The zero-order valence-corrected chi connectivity index (χ0v) is 8.04. The second-order valence-electron chi connectivity index (χ2n) is 3.35. The molecule has 0 radical (unpaired) electrons. The molecular weight excluding hydrogens is 170 g/mol. The molecule has 2 amide bonds. The van der Waals surface area contributed by atoms with Gasteiger partial charge < -0.3 is 15.1 Å². The van der Waals surface area contributed by atoms with Gasteiger partial charge in [-0.15, -0.1) is 0 Å². The molecule has 1 fully saturated rings. The molecule has 1 heterocycles. The lowest BCUT2D eigenvalue weighted by Gasteiger charge is -2.27. The quantitative estimate of drug-likeness (QED) is 0.545. The maximum atomic E-state index is 11.2. The van der Waals surface area contributed by atoms with Gasteiger partial charge in [0.25, 0.3) is 0 Å². The number of nitrogens with one attached hydrogen (secondary N) is 1. The number of carbonyl (C=O) groups is 2. The van der Waals surface area contributed by atoms with E-state index in [4.69, 9.17) is 0 Å². The van der Waals surface area contributed by atoms with E-state index in [0.29, 0.717) is 19.6 Å². The fourth-order valence-corrected chi connectivity index (χ4v) is 1.16. The van der Waals surface area contributed by atoms with Gasteiger partial charge in [-0.1, -0.05) is 0 Å². The van der Waals surface area contributed by atoms with Gasteiger partial charge in [0.1, 0.15) is 0 Å². The third-order valence-electron chi connectivity index (χ3n) is 1.97. The van der Waals surface area contributed by atoms with Gasteiger partial charge in [0.2, 0.25) is 0 Å². The molecule has 0 aromatic carbocycles. The van der Waals surface area contributed by atoms with E-state index in [1.54, 1.807) is 4.90 Å². The van der Waals surface area contributed by atoms with E-state index < -0.39 is 11.8 Å². The van der Waals surface area contributed by atoms with Crippen molar-refractivity contribution in [2.45, 2.75) is 0 Å². The zero-order valence-electron chi connectivity index (χ0n) is 8.04. The van der Waals surface area contributed by atoms with Gasteiger partial charge in [-0.2, -0.15) is 0 Å². The van der Waals surface area contributed by atoms with Crippen LogP contribution in [0.15, 0.2) is 0 Å². The van der Waals surface area contributed by atoms with Crippen LogP contribution < -0.4 is 5.32 Å². The summed E-state index contributed by atoms with van der Waals surface area (Å²) in [5.74, 6) is -0.891. The Labute approximate surface area is 77.7 Å². The predicted octanol–water partition coefficient (Wildman–Crippen LogP) is -1.49. The van der Waals surface area contributed by atoms with Gasteiger partial charge in [-0.05, 0) is 14.1 Å². The molecule has 1 rings (SSSR count). The van der Waals surface area contributed by atoms with Gasteiger partial charge in [-0.25, -0.2) is 0 Å². The van der Waals surface area contributed by atoms with Crippen LogP contribution in [0.2, 0.25) is 0 Å². The summed E-state index contributed by atoms with van der Waals surface area (Å²) in [5.41, 5.74) is 0. The van der Waals surface area contributed by atoms with Crippen LogP contribution in [0.4, 0.5) is 0 Å². The number of rotatable bonds is 3. The van der Waals surface area contributed by atoms with Crippen LogP contribution in [0.1, 0.15) is 0 Å². The van der Waals surface area contributed by atoms with Gasteiger partial charge in [0, 0.05) is 26.2 Å². The Hall–Kier alpha value is -1.10. The van der Waals surface area contributed by atoms with Crippen LogP contribution in [0.25, 0.3) is 0 Å². The van der Waals surface area contributed by atoms with Crippen LogP contribution in [0.5, 0.6) is 0 Å². The van der Waals surface area contributed by atoms with Crippen molar-refractivity contribution in [3.05, 3.63) is 0 Å². The lowest BCUT2D eigenvalue weighted by molar-refractivity contribution is -0.148. The first-order valence-electron chi connectivity index (χ1n) is 4.33. The molecule has 0 atom stereocenters. The first-order valence-corrected chi connectivity index (χ1v) is 4.33. The number of hydrogen-bond donors (Lipinski definition) is 1. The Balaban J connectivity index is 2.40. The molecule has 1 N–H and O–H groups in total. The molecule has 0 unspecified atom stereocenters. The maximum Gasteiger partial charge on any atom is 0.311 e. The van der Waals surface area contributed by atoms with Crippen molar-refractivity contribution >= 4 is 11.8 Å². The van der Waals surface area contributed by atoms with Crippen molar-refractivity contribution < 1.29 is 9.59 Å². The molecule has 5 nitrogen and oxygen atoms in total. The molecule has 0 saturated carbocycles. The number of carbonyl (C=O) groups excluding carboxylic acids is 2. The Kier molecular flexibility index (Phi) is 3.25. The second-order valence-corrected chi connectivity index (χ2v) is 3.35. The lowest BCUT2D eigenvalue weighted by Crippen LogP contribution is -2.53. The molecule has 0 aromatic heterocycles. The van der Waals surface area contributed by atoms with E-state index in [1.165, 1.54) is 0 Å². The number of amides is 2. The smallest absolute Gasteiger partial charge is 0.311 e. The SMILES string of the molecule is CN(C)CCN1CCNC(=O)C1=O. The summed E-state index contributed by atoms with van der Waals surface area (Å²) in [6.07, 6.45) is 0. The van der Waals surface area contributed by atoms with Crippen LogP contribution in [0, 0.1) is 0 Å². The monoisotopic (exact) mass is 185 g/mol. The van der Waals surface area contributed by atoms with Crippen molar-refractivity contribution in [3.8, 4) is 0 Å². The van der Waals surface area contributed by atoms with Crippen molar-refractivity contribution in [2.24, 2.45) is 0 Å². The molecule has 1 saturated heterocycles. The van der Waals surface area contributed by atoms with Gasteiger partial charge >= 0.3 is 11.8 Å². The van der Waals surface area contributed by atoms with Gasteiger partial charge in [0.05, 0.1) is 0 Å². The molecule has 0 spiro atoms. The minimum Gasteiger partial charge on any atom is -0.346 e. The van der Waals surface area contributed by atoms with Crippen molar-refractivity contribution in [2.75, 3.05) is 40.3 Å². The average Bonchev–Trinajstić information content (AvgIpc) is 2.07. The highest BCUT2D eigenvalue weighted by atomic mass is 16.2. The van der Waals surface area contributed by atoms with E-state index in [2.05, 4.69) is 5.32 Å². The Morgan fingerprint density at radius 2 is 2.15 bits per heavy atom. The number of piperazine rings is 1. The van der Waals surface area contributed by atoms with Crippen molar-refractivity contribution in [1.82, 2.24) is 15.1 Å². The van der Waals surface area contributed by atoms with Crippen molar-refractivity contribution in [3.63, 3.8) is 0 Å². The molecule has 1 aliphatic heterocycles. The number of hydrogen-bond acceptors (Lipinski definition) is 3. The Bertz CT molecular complexity index is 215. The van der Waals surface area contributed by atoms with E-state index >= 15 is 0 Å².